The summed E-state index contributed by atoms with van der Waals surface area (Å²) in [4.78, 5) is 47.9. The third kappa shape index (κ3) is 7.42. The smallest absolute Gasteiger partial charge is 0.430 e. The van der Waals surface area contributed by atoms with Gasteiger partial charge in [0.15, 0.2) is 0 Å². The van der Waals surface area contributed by atoms with E-state index in [1.807, 2.05) is 42.5 Å². The van der Waals surface area contributed by atoms with Crippen LogP contribution in [0.15, 0.2) is 72.8 Å². The van der Waals surface area contributed by atoms with Gasteiger partial charge in [-0.3, -0.25) is 9.59 Å². The van der Waals surface area contributed by atoms with Gasteiger partial charge >= 0.3 is 12.1 Å². The third-order valence-electron chi connectivity index (χ3n) is 5.87. The molecule has 1 aliphatic heterocycles. The van der Waals surface area contributed by atoms with E-state index < -0.39 is 24.2 Å². The van der Waals surface area contributed by atoms with E-state index in [9.17, 15) is 27.6 Å². The second-order valence-electron chi connectivity index (χ2n) is 8.54. The minimum atomic E-state index is -5.19. The third-order valence-corrected chi connectivity index (χ3v) is 5.87. The fourth-order valence-corrected chi connectivity index (χ4v) is 3.91. The summed E-state index contributed by atoms with van der Waals surface area (Å²) >= 11 is 0. The van der Waals surface area contributed by atoms with Crippen LogP contribution in [-0.2, 0) is 29.1 Å². The van der Waals surface area contributed by atoms with E-state index in [1.165, 1.54) is 12.1 Å². The van der Waals surface area contributed by atoms with Crippen molar-refractivity contribution in [2.45, 2.75) is 31.7 Å². The molecule has 9 nitrogen and oxygen atoms in total. The van der Waals surface area contributed by atoms with Crippen molar-refractivity contribution in [1.29, 1.82) is 0 Å². The van der Waals surface area contributed by atoms with Crippen LogP contribution in [0.3, 0.4) is 0 Å². The molecule has 0 radical (unpaired) electrons. The molecule has 1 atom stereocenters. The monoisotopic (exact) mass is 543 g/mol. The molecule has 4 rings (SSSR count). The number of quaternary nitrogens is 1. The predicted octanol–water partition coefficient (Wildman–Crippen LogP) is 1.63. The molecular formula is C27H24F3N3O6. The standard InChI is InChI=1S/C25H23N3O4.C2HF3O2/c26-14-17-6-11-21-19(12-17)15-28(24(21)30)22(13-16-4-2-1-3-5-16)23(29)27-20-9-7-18(8-10-20)25(31)32;3-2(4,5)1(6)7/h1-12,22H,13-15,26H2,(H,27,29)(H,31,32);(H,6,7)/t22-;/m0./s1. The van der Waals surface area contributed by atoms with E-state index in [4.69, 9.17) is 15.0 Å². The number of carboxylic acid groups (broad SMARTS) is 2. The van der Waals surface area contributed by atoms with Gasteiger partial charge in [0.1, 0.15) is 12.0 Å². The summed E-state index contributed by atoms with van der Waals surface area (Å²) in [6.45, 7) is 0.979. The molecule has 204 valence electrons. The van der Waals surface area contributed by atoms with Crippen LogP contribution in [0.25, 0.3) is 0 Å². The van der Waals surface area contributed by atoms with Crippen molar-refractivity contribution in [2.24, 2.45) is 0 Å². The topological polar surface area (TPSA) is 154 Å². The number of alkyl halides is 3. The number of hydrogen-bond acceptors (Lipinski definition) is 5. The molecule has 0 aliphatic carbocycles. The van der Waals surface area contributed by atoms with Crippen LogP contribution >= 0.6 is 0 Å². The number of nitrogens with zero attached hydrogens (tertiary/aromatic N) is 1. The Bertz CT molecular complexity index is 1360. The van der Waals surface area contributed by atoms with Crippen molar-refractivity contribution < 1.29 is 48.3 Å². The number of fused-ring (bicyclic) bond motifs is 1. The Morgan fingerprint density at radius 1 is 1.00 bits per heavy atom. The number of hydrogen-bond donors (Lipinski definition) is 3. The van der Waals surface area contributed by atoms with Gasteiger partial charge in [-0.1, -0.05) is 36.4 Å². The Morgan fingerprint density at radius 2 is 1.62 bits per heavy atom. The van der Waals surface area contributed by atoms with Crippen LogP contribution in [0.2, 0.25) is 0 Å². The first-order chi connectivity index (χ1) is 18.4. The Morgan fingerprint density at radius 3 is 2.15 bits per heavy atom. The number of aromatic carboxylic acids is 1. The average molecular weight is 543 g/mol. The number of aliphatic carboxylic acids is 1. The molecule has 0 unspecified atom stereocenters. The summed E-state index contributed by atoms with van der Waals surface area (Å²) in [5.74, 6) is -4.54. The summed E-state index contributed by atoms with van der Waals surface area (Å²) < 4.78 is 31.5. The first-order valence-corrected chi connectivity index (χ1v) is 11.6. The number of anilines is 1. The van der Waals surface area contributed by atoms with Gasteiger partial charge in [-0.2, -0.15) is 13.2 Å². The van der Waals surface area contributed by atoms with Gasteiger partial charge in [0.2, 0.25) is 5.91 Å². The number of nitrogens with one attached hydrogen (secondary N) is 1. The molecule has 12 heteroatoms. The summed E-state index contributed by atoms with van der Waals surface area (Å²) in [6, 6.07) is 20.5. The summed E-state index contributed by atoms with van der Waals surface area (Å²) in [5, 5.41) is 20.7. The van der Waals surface area contributed by atoms with Gasteiger partial charge < -0.3 is 31.0 Å². The normalized spacial score (nSPS) is 13.1. The van der Waals surface area contributed by atoms with E-state index in [2.05, 4.69) is 11.1 Å². The first kappa shape index (κ1) is 28.9. The van der Waals surface area contributed by atoms with E-state index in [0.29, 0.717) is 30.8 Å². The van der Waals surface area contributed by atoms with E-state index in [-0.39, 0.29) is 17.4 Å². The number of carbonyl (C=O) groups is 4. The van der Waals surface area contributed by atoms with Gasteiger partial charge in [0.25, 0.3) is 5.91 Å². The molecule has 1 aliphatic rings. The molecule has 0 saturated heterocycles. The SMILES string of the molecule is O=C([O-])C(F)(F)F.[NH3+]Cc1ccc2c(c1)CN([C@@H](Cc1ccccc1)C(=O)Nc1ccc(C(=O)O)cc1)C2=O. The predicted molar refractivity (Wildman–Crippen MR) is 130 cm³/mol. The van der Waals surface area contributed by atoms with Crippen molar-refractivity contribution in [3.8, 4) is 0 Å². The number of halogens is 3. The molecule has 3 aromatic rings. The molecular weight excluding hydrogens is 519 g/mol. The Balaban J connectivity index is 0.000000532. The van der Waals surface area contributed by atoms with Crippen molar-refractivity contribution in [2.75, 3.05) is 5.32 Å². The zero-order chi connectivity index (χ0) is 28.7. The zero-order valence-electron chi connectivity index (χ0n) is 20.4. The zero-order valence-corrected chi connectivity index (χ0v) is 20.4. The fourth-order valence-electron chi connectivity index (χ4n) is 3.91. The minimum Gasteiger partial charge on any atom is -0.542 e. The number of carboxylic acids is 2. The second kappa shape index (κ2) is 12.2. The molecule has 0 bridgehead atoms. The lowest BCUT2D eigenvalue weighted by Crippen LogP contribution is -2.47. The molecule has 3 aromatic carbocycles. The highest BCUT2D eigenvalue weighted by Gasteiger charge is 2.36. The Hall–Kier alpha value is -4.71. The molecule has 0 aromatic heterocycles. The van der Waals surface area contributed by atoms with Crippen LogP contribution in [-0.4, -0.2) is 46.0 Å². The first-order valence-electron chi connectivity index (χ1n) is 11.6. The van der Waals surface area contributed by atoms with Crippen LogP contribution in [0.4, 0.5) is 18.9 Å². The highest BCUT2D eigenvalue weighted by Crippen LogP contribution is 2.27. The molecule has 39 heavy (non-hydrogen) atoms. The van der Waals surface area contributed by atoms with Crippen molar-refractivity contribution in [3.63, 3.8) is 0 Å². The maximum Gasteiger partial charge on any atom is 0.430 e. The largest absolute Gasteiger partial charge is 0.542 e. The fraction of sp³-hybridized carbons (Fsp3) is 0.185. The number of amides is 2. The average Bonchev–Trinajstić information content (AvgIpc) is 3.23. The van der Waals surface area contributed by atoms with Crippen molar-refractivity contribution >= 4 is 29.4 Å². The molecule has 1 heterocycles. The maximum atomic E-state index is 13.3. The van der Waals surface area contributed by atoms with Crippen LogP contribution in [0, 0.1) is 0 Å². The van der Waals surface area contributed by atoms with Gasteiger partial charge in [0.05, 0.1) is 12.1 Å². The summed E-state index contributed by atoms with van der Waals surface area (Å²) in [6.07, 6.45) is -4.83. The molecule has 0 fully saturated rings. The van der Waals surface area contributed by atoms with Gasteiger partial charge in [-0.15, -0.1) is 0 Å². The van der Waals surface area contributed by atoms with Gasteiger partial charge in [-0.25, -0.2) is 4.79 Å². The lowest BCUT2D eigenvalue weighted by Gasteiger charge is -2.27. The van der Waals surface area contributed by atoms with Gasteiger partial charge in [-0.05, 0) is 47.5 Å². The highest BCUT2D eigenvalue weighted by molar-refractivity contribution is 6.04. The minimum absolute atomic E-state index is 0.134. The molecule has 5 N–H and O–H groups in total. The maximum absolute atomic E-state index is 13.3. The number of carbonyl (C=O) groups excluding carboxylic acids is 3. The lowest BCUT2D eigenvalue weighted by molar-refractivity contribution is -0.386. The lowest BCUT2D eigenvalue weighted by atomic mass is 10.0. The van der Waals surface area contributed by atoms with Crippen LogP contribution < -0.4 is 16.2 Å². The number of rotatable bonds is 7. The molecule has 2 amide bonds. The quantitative estimate of drug-likeness (QED) is 0.412. The molecule has 0 saturated carbocycles. The Labute approximate surface area is 220 Å². The van der Waals surface area contributed by atoms with Crippen LogP contribution in [0.1, 0.15) is 37.4 Å². The molecule has 0 spiro atoms. The van der Waals surface area contributed by atoms with Gasteiger partial charge in [0, 0.05) is 29.8 Å². The van der Waals surface area contributed by atoms with E-state index in [1.54, 1.807) is 23.1 Å². The van der Waals surface area contributed by atoms with E-state index >= 15 is 0 Å². The van der Waals surface area contributed by atoms with Crippen molar-refractivity contribution in [1.82, 2.24) is 4.90 Å². The van der Waals surface area contributed by atoms with E-state index in [0.717, 1.165) is 16.7 Å². The van der Waals surface area contributed by atoms with Crippen molar-refractivity contribution in [3.05, 3.63) is 101 Å². The number of benzene rings is 3. The summed E-state index contributed by atoms with van der Waals surface area (Å²) in [5.41, 5.74) is 8.00. The highest BCUT2D eigenvalue weighted by atomic mass is 19.4. The Kier molecular flexibility index (Phi) is 9.04. The van der Waals surface area contributed by atoms with Crippen LogP contribution in [0.5, 0.6) is 0 Å². The summed E-state index contributed by atoms with van der Waals surface area (Å²) in [7, 11) is 0. The second-order valence-corrected chi connectivity index (χ2v) is 8.54.